The van der Waals surface area contributed by atoms with Gasteiger partial charge in [-0.3, -0.25) is 14.4 Å². The zero-order chi connectivity index (χ0) is 22.6. The quantitative estimate of drug-likeness (QED) is 0.751. The van der Waals surface area contributed by atoms with Crippen molar-refractivity contribution in [2.24, 2.45) is 7.05 Å². The van der Waals surface area contributed by atoms with Gasteiger partial charge in [0.15, 0.2) is 11.5 Å². The summed E-state index contributed by atoms with van der Waals surface area (Å²) >= 11 is 0. The van der Waals surface area contributed by atoms with Crippen LogP contribution in [-0.2, 0) is 7.05 Å². The number of aromatic nitrogens is 1. The number of rotatable bonds is 7. The molecule has 2 rings (SSSR count). The summed E-state index contributed by atoms with van der Waals surface area (Å²) in [6.07, 6.45) is 1.48. The molecule has 30 heavy (non-hydrogen) atoms. The largest absolute Gasteiger partial charge is 0.493 e. The van der Waals surface area contributed by atoms with Gasteiger partial charge in [0.05, 0.1) is 19.8 Å². The zero-order valence-electron chi connectivity index (χ0n) is 18.5. The number of carbonyl (C=O) groups excluding carboxylic acids is 2. The van der Waals surface area contributed by atoms with Crippen LogP contribution in [0.15, 0.2) is 35.3 Å². The number of hydrogen-bond donors (Lipinski definition) is 1. The van der Waals surface area contributed by atoms with E-state index in [4.69, 9.17) is 9.47 Å². The van der Waals surface area contributed by atoms with Crippen molar-refractivity contribution in [1.29, 1.82) is 0 Å². The molecule has 8 heteroatoms. The molecular weight excluding hydrogens is 386 g/mol. The highest BCUT2D eigenvalue weighted by Crippen LogP contribution is 2.27. The van der Waals surface area contributed by atoms with Gasteiger partial charge in [0.2, 0.25) is 0 Å². The predicted octanol–water partition coefficient (Wildman–Crippen LogP) is 2.91. The number of nitrogens with one attached hydrogen (secondary N) is 1. The Balaban J connectivity index is 2.40. The van der Waals surface area contributed by atoms with Crippen molar-refractivity contribution < 1.29 is 19.1 Å². The van der Waals surface area contributed by atoms with Crippen molar-refractivity contribution in [3.05, 3.63) is 51.9 Å². The first-order valence-electron chi connectivity index (χ1n) is 9.67. The van der Waals surface area contributed by atoms with Gasteiger partial charge < -0.3 is 24.3 Å². The number of anilines is 1. The molecule has 0 spiro atoms. The van der Waals surface area contributed by atoms with Crippen LogP contribution in [0.3, 0.4) is 0 Å². The third kappa shape index (κ3) is 4.82. The number of benzene rings is 1. The molecule has 1 aromatic carbocycles. The molecule has 0 fully saturated rings. The van der Waals surface area contributed by atoms with Crippen molar-refractivity contribution >= 4 is 17.5 Å². The first-order chi connectivity index (χ1) is 14.1. The van der Waals surface area contributed by atoms with Crippen LogP contribution in [-0.4, -0.2) is 47.6 Å². The summed E-state index contributed by atoms with van der Waals surface area (Å²) in [5.41, 5.74) is 0.219. The standard InChI is InChI=1S/C22H29N3O5/c1-13(2)25(14(3)4)21(27)16-10-17(22(28)24(5)12-16)23-20(26)15-8-9-18(29-6)19(11-15)30-7/h8-14H,1-7H3,(H,23,26). The lowest BCUT2D eigenvalue weighted by atomic mass is 10.1. The van der Waals surface area contributed by atoms with Crippen LogP contribution in [0.4, 0.5) is 5.69 Å². The lowest BCUT2D eigenvalue weighted by Gasteiger charge is -2.31. The molecule has 8 nitrogen and oxygen atoms in total. The van der Waals surface area contributed by atoms with Gasteiger partial charge in [0, 0.05) is 30.9 Å². The molecule has 1 heterocycles. The smallest absolute Gasteiger partial charge is 0.274 e. The number of hydrogen-bond acceptors (Lipinski definition) is 5. The Morgan fingerprint density at radius 2 is 1.57 bits per heavy atom. The fourth-order valence-electron chi connectivity index (χ4n) is 3.30. The maximum absolute atomic E-state index is 13.0. The van der Waals surface area contributed by atoms with Crippen molar-refractivity contribution in [3.8, 4) is 11.5 Å². The van der Waals surface area contributed by atoms with E-state index >= 15 is 0 Å². The summed E-state index contributed by atoms with van der Waals surface area (Å²) in [4.78, 5) is 40.0. The van der Waals surface area contributed by atoms with Gasteiger partial charge in [0.1, 0.15) is 5.69 Å². The summed E-state index contributed by atoms with van der Waals surface area (Å²) in [5.74, 6) is 0.172. The molecule has 2 amide bonds. The number of carbonyl (C=O) groups is 2. The number of ether oxygens (including phenoxy) is 2. The maximum atomic E-state index is 13.0. The molecule has 0 radical (unpaired) electrons. The van der Waals surface area contributed by atoms with Gasteiger partial charge in [-0.1, -0.05) is 0 Å². The number of pyridine rings is 1. The van der Waals surface area contributed by atoms with E-state index in [0.29, 0.717) is 17.1 Å². The first kappa shape index (κ1) is 23.0. The van der Waals surface area contributed by atoms with Crippen LogP contribution in [0.5, 0.6) is 11.5 Å². The Morgan fingerprint density at radius 3 is 2.10 bits per heavy atom. The molecule has 0 aliphatic rings. The SMILES string of the molecule is COc1ccc(C(=O)Nc2cc(C(=O)N(C(C)C)C(C)C)cn(C)c2=O)cc1OC. The van der Waals surface area contributed by atoms with Crippen LogP contribution in [0.1, 0.15) is 48.4 Å². The summed E-state index contributed by atoms with van der Waals surface area (Å²) < 4.78 is 11.7. The molecule has 162 valence electrons. The zero-order valence-corrected chi connectivity index (χ0v) is 18.5. The second kappa shape index (κ2) is 9.47. The second-order valence-electron chi connectivity index (χ2n) is 7.48. The van der Waals surface area contributed by atoms with Crippen LogP contribution < -0.4 is 20.3 Å². The summed E-state index contributed by atoms with van der Waals surface area (Å²) in [7, 11) is 4.52. The highest BCUT2D eigenvalue weighted by Gasteiger charge is 2.23. The number of methoxy groups -OCH3 is 2. The predicted molar refractivity (Wildman–Crippen MR) is 116 cm³/mol. The molecule has 0 unspecified atom stereocenters. The molecule has 2 aromatic rings. The number of aryl methyl sites for hydroxylation is 1. The van der Waals surface area contributed by atoms with Gasteiger partial charge in [-0.15, -0.1) is 0 Å². The highest BCUT2D eigenvalue weighted by atomic mass is 16.5. The van der Waals surface area contributed by atoms with Crippen LogP contribution in [0, 0.1) is 0 Å². The highest BCUT2D eigenvalue weighted by molar-refractivity contribution is 6.05. The molecule has 0 saturated heterocycles. The van der Waals surface area contributed by atoms with Gasteiger partial charge in [-0.25, -0.2) is 0 Å². The number of amides is 2. The summed E-state index contributed by atoms with van der Waals surface area (Å²) in [6, 6.07) is 6.08. The van der Waals surface area contributed by atoms with E-state index in [9.17, 15) is 14.4 Å². The molecule has 0 atom stereocenters. The summed E-state index contributed by atoms with van der Waals surface area (Å²) in [6.45, 7) is 7.72. The van der Waals surface area contributed by atoms with Crippen LogP contribution in [0.25, 0.3) is 0 Å². The Morgan fingerprint density at radius 1 is 0.967 bits per heavy atom. The van der Waals surface area contributed by atoms with E-state index in [1.807, 2.05) is 27.7 Å². The van der Waals surface area contributed by atoms with E-state index in [0.717, 1.165) is 0 Å². The average molecular weight is 415 g/mol. The van der Waals surface area contributed by atoms with Crippen molar-refractivity contribution in [1.82, 2.24) is 9.47 Å². The molecular formula is C22H29N3O5. The second-order valence-corrected chi connectivity index (χ2v) is 7.48. The van der Waals surface area contributed by atoms with Crippen molar-refractivity contribution in [2.75, 3.05) is 19.5 Å². The van der Waals surface area contributed by atoms with Gasteiger partial charge in [-0.05, 0) is 52.0 Å². The minimum absolute atomic E-state index is 0.0143. The molecule has 0 aliphatic carbocycles. The van der Waals surface area contributed by atoms with Gasteiger partial charge in [-0.2, -0.15) is 0 Å². The molecule has 1 N–H and O–H groups in total. The van der Waals surface area contributed by atoms with E-state index in [-0.39, 0.29) is 29.2 Å². The first-order valence-corrected chi connectivity index (χ1v) is 9.67. The Labute approximate surface area is 176 Å². The average Bonchev–Trinajstić information content (AvgIpc) is 2.69. The Kier molecular flexibility index (Phi) is 7.26. The normalized spacial score (nSPS) is 10.8. The fourth-order valence-corrected chi connectivity index (χ4v) is 3.30. The monoisotopic (exact) mass is 415 g/mol. The molecule has 1 aromatic heterocycles. The third-order valence-corrected chi connectivity index (χ3v) is 4.67. The van der Waals surface area contributed by atoms with Crippen molar-refractivity contribution in [2.45, 2.75) is 39.8 Å². The maximum Gasteiger partial charge on any atom is 0.274 e. The number of nitrogens with zero attached hydrogens (tertiary/aromatic N) is 2. The Hall–Kier alpha value is -3.29. The molecule has 0 bridgehead atoms. The van der Waals surface area contributed by atoms with Gasteiger partial charge >= 0.3 is 0 Å². The van der Waals surface area contributed by atoms with E-state index < -0.39 is 11.5 Å². The molecule has 0 aliphatic heterocycles. The van der Waals surface area contributed by atoms with Crippen LogP contribution in [0.2, 0.25) is 0 Å². The van der Waals surface area contributed by atoms with Crippen molar-refractivity contribution in [3.63, 3.8) is 0 Å². The van der Waals surface area contributed by atoms with Gasteiger partial charge in [0.25, 0.3) is 17.4 Å². The fraction of sp³-hybridized carbons (Fsp3) is 0.409. The minimum atomic E-state index is -0.498. The molecule has 0 saturated carbocycles. The third-order valence-electron chi connectivity index (χ3n) is 4.67. The van der Waals surface area contributed by atoms with E-state index in [2.05, 4.69) is 5.32 Å². The van der Waals surface area contributed by atoms with Crippen LogP contribution >= 0.6 is 0 Å². The Bertz CT molecular complexity index is 987. The van der Waals surface area contributed by atoms with E-state index in [1.54, 1.807) is 24.1 Å². The lowest BCUT2D eigenvalue weighted by Crippen LogP contribution is -2.42. The topological polar surface area (TPSA) is 89.9 Å². The van der Waals surface area contributed by atoms with E-state index in [1.165, 1.54) is 37.1 Å². The minimum Gasteiger partial charge on any atom is -0.493 e. The summed E-state index contributed by atoms with van der Waals surface area (Å²) in [5, 5.41) is 2.61. The lowest BCUT2D eigenvalue weighted by molar-refractivity contribution is 0.0642.